The molecule has 2 aromatic carbocycles. The molecule has 0 spiro atoms. The molecule has 0 heterocycles. The topological polar surface area (TPSA) is 76.7 Å². The SMILES string of the molecule is COc1ccc(NC(C)=O)cc1Oc1ccc(NC(C)=O)cc1. The van der Waals surface area contributed by atoms with Crippen LogP contribution >= 0.6 is 0 Å². The van der Waals surface area contributed by atoms with Gasteiger partial charge in [0.25, 0.3) is 0 Å². The number of hydrogen-bond acceptors (Lipinski definition) is 4. The first-order valence-corrected chi connectivity index (χ1v) is 6.99. The maximum Gasteiger partial charge on any atom is 0.221 e. The number of amides is 2. The quantitative estimate of drug-likeness (QED) is 0.886. The third-order valence-corrected chi connectivity index (χ3v) is 2.89. The lowest BCUT2D eigenvalue weighted by molar-refractivity contribution is -0.115. The van der Waals surface area contributed by atoms with Gasteiger partial charge < -0.3 is 20.1 Å². The van der Waals surface area contributed by atoms with Crippen LogP contribution in [-0.4, -0.2) is 18.9 Å². The summed E-state index contributed by atoms with van der Waals surface area (Å²) in [6.07, 6.45) is 0. The summed E-state index contributed by atoms with van der Waals surface area (Å²) < 4.78 is 11.1. The van der Waals surface area contributed by atoms with Crippen molar-refractivity contribution in [2.75, 3.05) is 17.7 Å². The van der Waals surface area contributed by atoms with Crippen LogP contribution in [0.2, 0.25) is 0 Å². The second kappa shape index (κ2) is 7.31. The van der Waals surface area contributed by atoms with E-state index < -0.39 is 0 Å². The predicted molar refractivity (Wildman–Crippen MR) is 88.1 cm³/mol. The summed E-state index contributed by atoms with van der Waals surface area (Å²) in [5.41, 5.74) is 1.30. The standard InChI is InChI=1S/C17H18N2O4/c1-11(20)18-13-4-7-15(8-5-13)23-17-10-14(19-12(2)21)6-9-16(17)22-3/h4-10H,1-3H3,(H,18,20)(H,19,21). The summed E-state index contributed by atoms with van der Waals surface area (Å²) in [7, 11) is 1.54. The number of benzene rings is 2. The highest BCUT2D eigenvalue weighted by atomic mass is 16.5. The Morgan fingerprint density at radius 1 is 0.826 bits per heavy atom. The van der Waals surface area contributed by atoms with Crippen LogP contribution in [0, 0.1) is 0 Å². The molecule has 120 valence electrons. The zero-order chi connectivity index (χ0) is 16.8. The van der Waals surface area contributed by atoms with Crippen molar-refractivity contribution >= 4 is 23.2 Å². The molecule has 0 atom stereocenters. The van der Waals surface area contributed by atoms with Gasteiger partial charge >= 0.3 is 0 Å². The van der Waals surface area contributed by atoms with Crippen molar-refractivity contribution in [2.24, 2.45) is 0 Å². The monoisotopic (exact) mass is 314 g/mol. The fourth-order valence-corrected chi connectivity index (χ4v) is 1.97. The number of anilines is 2. The van der Waals surface area contributed by atoms with Crippen molar-refractivity contribution < 1.29 is 19.1 Å². The van der Waals surface area contributed by atoms with Crippen LogP contribution in [0.25, 0.3) is 0 Å². The molecular weight excluding hydrogens is 296 g/mol. The summed E-state index contributed by atoms with van der Waals surface area (Å²) in [4.78, 5) is 22.1. The Kier molecular flexibility index (Phi) is 5.19. The highest BCUT2D eigenvalue weighted by Gasteiger charge is 2.08. The van der Waals surface area contributed by atoms with Crippen molar-refractivity contribution in [3.05, 3.63) is 42.5 Å². The van der Waals surface area contributed by atoms with Gasteiger partial charge in [-0.25, -0.2) is 0 Å². The molecule has 0 fully saturated rings. The first kappa shape index (κ1) is 16.4. The van der Waals surface area contributed by atoms with Crippen LogP contribution < -0.4 is 20.1 Å². The van der Waals surface area contributed by atoms with Crippen LogP contribution in [0.3, 0.4) is 0 Å². The normalized spacial score (nSPS) is 9.87. The third kappa shape index (κ3) is 4.74. The van der Waals surface area contributed by atoms with Crippen LogP contribution in [0.4, 0.5) is 11.4 Å². The van der Waals surface area contributed by atoms with Crippen molar-refractivity contribution in [3.8, 4) is 17.2 Å². The Hall–Kier alpha value is -3.02. The fraction of sp³-hybridized carbons (Fsp3) is 0.176. The molecule has 0 aromatic heterocycles. The molecule has 0 saturated carbocycles. The summed E-state index contributed by atoms with van der Waals surface area (Å²) in [5, 5.41) is 5.37. The van der Waals surface area contributed by atoms with E-state index in [1.165, 1.54) is 13.8 Å². The van der Waals surface area contributed by atoms with E-state index >= 15 is 0 Å². The van der Waals surface area contributed by atoms with Crippen LogP contribution in [0.5, 0.6) is 17.2 Å². The number of ether oxygens (including phenoxy) is 2. The minimum atomic E-state index is -0.166. The molecule has 0 aliphatic carbocycles. The summed E-state index contributed by atoms with van der Waals surface area (Å²) in [5.74, 6) is 1.30. The average Bonchev–Trinajstić information content (AvgIpc) is 2.48. The van der Waals surface area contributed by atoms with E-state index in [1.807, 2.05) is 0 Å². The lowest BCUT2D eigenvalue weighted by Gasteiger charge is -2.12. The minimum absolute atomic E-state index is 0.136. The van der Waals surface area contributed by atoms with E-state index in [1.54, 1.807) is 49.6 Å². The minimum Gasteiger partial charge on any atom is -0.493 e. The zero-order valence-corrected chi connectivity index (χ0v) is 13.2. The van der Waals surface area contributed by atoms with Crippen molar-refractivity contribution in [1.29, 1.82) is 0 Å². The van der Waals surface area contributed by atoms with Gasteiger partial charge in [0, 0.05) is 31.3 Å². The van der Waals surface area contributed by atoms with Gasteiger partial charge in [0.15, 0.2) is 11.5 Å². The molecule has 0 aliphatic heterocycles. The molecule has 0 aliphatic rings. The van der Waals surface area contributed by atoms with Gasteiger partial charge in [-0.3, -0.25) is 9.59 Å². The Labute approximate surface area is 134 Å². The Balaban J connectivity index is 2.20. The molecule has 2 N–H and O–H groups in total. The average molecular weight is 314 g/mol. The van der Waals surface area contributed by atoms with Gasteiger partial charge in [0.1, 0.15) is 5.75 Å². The molecule has 0 radical (unpaired) electrons. The second-order valence-electron chi connectivity index (χ2n) is 4.85. The number of hydrogen-bond donors (Lipinski definition) is 2. The molecule has 2 amide bonds. The molecule has 23 heavy (non-hydrogen) atoms. The maximum absolute atomic E-state index is 11.1. The van der Waals surface area contributed by atoms with Crippen molar-refractivity contribution in [2.45, 2.75) is 13.8 Å². The summed E-state index contributed by atoms with van der Waals surface area (Å²) >= 11 is 0. The van der Waals surface area contributed by atoms with Crippen LogP contribution in [0.1, 0.15) is 13.8 Å². The molecule has 6 heteroatoms. The number of rotatable bonds is 5. The molecule has 2 rings (SSSR count). The van der Waals surface area contributed by atoms with E-state index in [0.29, 0.717) is 28.6 Å². The maximum atomic E-state index is 11.1. The highest BCUT2D eigenvalue weighted by Crippen LogP contribution is 2.34. The Bertz CT molecular complexity index is 711. The van der Waals surface area contributed by atoms with Crippen molar-refractivity contribution in [3.63, 3.8) is 0 Å². The van der Waals surface area contributed by atoms with Gasteiger partial charge in [-0.05, 0) is 36.4 Å². The van der Waals surface area contributed by atoms with E-state index in [2.05, 4.69) is 10.6 Å². The lowest BCUT2D eigenvalue weighted by Crippen LogP contribution is -2.06. The van der Waals surface area contributed by atoms with Crippen LogP contribution in [0.15, 0.2) is 42.5 Å². The third-order valence-electron chi connectivity index (χ3n) is 2.89. The number of carbonyl (C=O) groups is 2. The van der Waals surface area contributed by atoms with Gasteiger partial charge in [-0.1, -0.05) is 0 Å². The van der Waals surface area contributed by atoms with Crippen LogP contribution in [-0.2, 0) is 9.59 Å². The largest absolute Gasteiger partial charge is 0.493 e. The number of methoxy groups -OCH3 is 1. The van der Waals surface area contributed by atoms with E-state index in [9.17, 15) is 9.59 Å². The first-order chi connectivity index (χ1) is 11.0. The number of nitrogens with one attached hydrogen (secondary N) is 2. The fourth-order valence-electron chi connectivity index (χ4n) is 1.97. The Morgan fingerprint density at radius 3 is 1.96 bits per heavy atom. The van der Waals surface area contributed by atoms with E-state index in [4.69, 9.17) is 9.47 Å². The van der Waals surface area contributed by atoms with E-state index in [-0.39, 0.29) is 11.8 Å². The second-order valence-corrected chi connectivity index (χ2v) is 4.85. The Morgan fingerprint density at radius 2 is 1.39 bits per heavy atom. The van der Waals surface area contributed by atoms with Gasteiger partial charge in [-0.2, -0.15) is 0 Å². The highest BCUT2D eigenvalue weighted by molar-refractivity contribution is 5.89. The summed E-state index contributed by atoms with van der Waals surface area (Å²) in [6.45, 7) is 2.88. The summed E-state index contributed by atoms with van der Waals surface area (Å²) in [6, 6.07) is 12.1. The lowest BCUT2D eigenvalue weighted by atomic mass is 10.2. The molecule has 0 unspecified atom stereocenters. The molecule has 2 aromatic rings. The molecular formula is C17H18N2O4. The van der Waals surface area contributed by atoms with Crippen molar-refractivity contribution in [1.82, 2.24) is 0 Å². The predicted octanol–water partition coefficient (Wildman–Crippen LogP) is 3.40. The first-order valence-electron chi connectivity index (χ1n) is 6.99. The van der Waals surface area contributed by atoms with Gasteiger partial charge in [-0.15, -0.1) is 0 Å². The van der Waals surface area contributed by atoms with Gasteiger partial charge in [0.05, 0.1) is 7.11 Å². The smallest absolute Gasteiger partial charge is 0.221 e. The molecule has 6 nitrogen and oxygen atoms in total. The van der Waals surface area contributed by atoms with E-state index in [0.717, 1.165) is 0 Å². The van der Waals surface area contributed by atoms with Gasteiger partial charge in [0.2, 0.25) is 11.8 Å². The molecule has 0 saturated heterocycles. The number of carbonyl (C=O) groups excluding carboxylic acids is 2. The zero-order valence-electron chi connectivity index (χ0n) is 13.2. The molecule has 0 bridgehead atoms.